The Kier molecular flexibility index (Phi) is 3.86. The van der Waals surface area contributed by atoms with Crippen LogP contribution in [0.25, 0.3) is 0 Å². The number of anilines is 1. The molecule has 6 heteroatoms. The predicted molar refractivity (Wildman–Crippen MR) is 70.0 cm³/mol. The Labute approximate surface area is 106 Å². The fourth-order valence-corrected chi connectivity index (χ4v) is 2.08. The average Bonchev–Trinajstić information content (AvgIpc) is 2.83. The molecule has 1 aromatic rings. The van der Waals surface area contributed by atoms with Gasteiger partial charge in [0.1, 0.15) is 10.7 Å². The van der Waals surface area contributed by atoms with Crippen molar-refractivity contribution in [2.24, 2.45) is 5.73 Å². The molecule has 0 aliphatic carbocycles. The molecule has 0 bridgehead atoms. The summed E-state index contributed by atoms with van der Waals surface area (Å²) in [6.45, 7) is 2.90. The second-order valence-corrected chi connectivity index (χ2v) is 4.54. The lowest BCUT2D eigenvalue weighted by Crippen LogP contribution is -2.31. The van der Waals surface area contributed by atoms with E-state index in [9.17, 15) is 0 Å². The van der Waals surface area contributed by atoms with Crippen molar-refractivity contribution in [3.8, 4) is 0 Å². The molecular formula is C11H16N4OS. The molecule has 3 N–H and O–H groups in total. The summed E-state index contributed by atoms with van der Waals surface area (Å²) < 4.78 is 5.61. The van der Waals surface area contributed by atoms with Crippen LogP contribution in [0.1, 0.15) is 25.5 Å². The predicted octanol–water partition coefficient (Wildman–Crippen LogP) is 1.09. The maximum atomic E-state index is 5.61. The lowest BCUT2D eigenvalue weighted by atomic mass is 10.1. The quantitative estimate of drug-likeness (QED) is 0.782. The van der Waals surface area contributed by atoms with E-state index in [4.69, 9.17) is 22.7 Å². The van der Waals surface area contributed by atoms with Crippen molar-refractivity contribution < 1.29 is 4.74 Å². The van der Waals surface area contributed by atoms with Crippen LogP contribution in [0.15, 0.2) is 12.4 Å². The zero-order valence-electron chi connectivity index (χ0n) is 9.72. The Bertz CT molecular complexity index is 406. The van der Waals surface area contributed by atoms with Gasteiger partial charge in [-0.2, -0.15) is 0 Å². The first-order valence-electron chi connectivity index (χ1n) is 5.67. The Morgan fingerprint density at radius 1 is 1.59 bits per heavy atom. The molecule has 1 aliphatic rings. The van der Waals surface area contributed by atoms with E-state index >= 15 is 0 Å². The number of hydrogen-bond donors (Lipinski definition) is 2. The van der Waals surface area contributed by atoms with Gasteiger partial charge in [0.15, 0.2) is 5.82 Å². The molecule has 1 aliphatic heterocycles. The summed E-state index contributed by atoms with van der Waals surface area (Å²) in [5.41, 5.74) is 6.14. The third-order valence-electron chi connectivity index (χ3n) is 2.82. The molecule has 2 rings (SSSR count). The normalized spacial score (nSPS) is 21.1. The van der Waals surface area contributed by atoms with E-state index in [1.165, 1.54) is 0 Å². The number of nitrogens with two attached hydrogens (primary N) is 1. The fraction of sp³-hybridized carbons (Fsp3) is 0.545. The van der Waals surface area contributed by atoms with Crippen LogP contribution in [0.4, 0.5) is 5.82 Å². The lowest BCUT2D eigenvalue weighted by Gasteiger charge is -2.21. The first-order valence-corrected chi connectivity index (χ1v) is 6.08. The standard InChI is InChI=1S/C11H16N4OS/c1-7(8-3-2-6-16-8)15-11-9(10(12)17)13-4-5-14-11/h4-5,7-8H,2-3,6H2,1H3,(H2,12,17)(H,14,15). The summed E-state index contributed by atoms with van der Waals surface area (Å²) in [6.07, 6.45) is 5.59. The Balaban J connectivity index is 2.09. The molecule has 0 saturated carbocycles. The van der Waals surface area contributed by atoms with Gasteiger partial charge in [-0.05, 0) is 19.8 Å². The van der Waals surface area contributed by atoms with E-state index in [1.54, 1.807) is 12.4 Å². The summed E-state index contributed by atoms with van der Waals surface area (Å²) in [5.74, 6) is 0.628. The summed E-state index contributed by atoms with van der Waals surface area (Å²) >= 11 is 4.94. The second-order valence-electron chi connectivity index (χ2n) is 4.10. The first kappa shape index (κ1) is 12.2. The van der Waals surface area contributed by atoms with Crippen LogP contribution in [0, 0.1) is 0 Å². The minimum Gasteiger partial charge on any atom is -0.388 e. The molecule has 0 aromatic carbocycles. The smallest absolute Gasteiger partial charge is 0.155 e. The van der Waals surface area contributed by atoms with Gasteiger partial charge >= 0.3 is 0 Å². The highest BCUT2D eigenvalue weighted by Gasteiger charge is 2.23. The van der Waals surface area contributed by atoms with Crippen LogP contribution in [0.3, 0.4) is 0 Å². The number of rotatable bonds is 4. The molecule has 2 heterocycles. The number of hydrogen-bond acceptors (Lipinski definition) is 5. The van der Waals surface area contributed by atoms with E-state index in [1.807, 2.05) is 0 Å². The van der Waals surface area contributed by atoms with Gasteiger partial charge in [-0.3, -0.25) is 0 Å². The van der Waals surface area contributed by atoms with Gasteiger partial charge in [0.2, 0.25) is 0 Å². The second kappa shape index (κ2) is 5.37. The third-order valence-corrected chi connectivity index (χ3v) is 3.01. The number of ether oxygens (including phenoxy) is 1. The average molecular weight is 252 g/mol. The van der Waals surface area contributed by atoms with Gasteiger partial charge in [-0.25, -0.2) is 9.97 Å². The van der Waals surface area contributed by atoms with Crippen LogP contribution in [0.5, 0.6) is 0 Å². The molecule has 2 atom stereocenters. The van der Waals surface area contributed by atoms with Crippen molar-refractivity contribution in [3.05, 3.63) is 18.1 Å². The minimum atomic E-state index is 0.169. The van der Waals surface area contributed by atoms with Gasteiger partial charge in [0.25, 0.3) is 0 Å². The number of thiocarbonyl (C=S) groups is 1. The minimum absolute atomic E-state index is 0.169. The number of nitrogens with zero attached hydrogens (tertiary/aromatic N) is 2. The largest absolute Gasteiger partial charge is 0.388 e. The van der Waals surface area contributed by atoms with Crippen molar-refractivity contribution in [3.63, 3.8) is 0 Å². The summed E-state index contributed by atoms with van der Waals surface area (Å²) in [7, 11) is 0. The fourth-order valence-electron chi connectivity index (χ4n) is 1.93. The van der Waals surface area contributed by atoms with Crippen molar-refractivity contribution in [2.75, 3.05) is 11.9 Å². The Morgan fingerprint density at radius 3 is 3.00 bits per heavy atom. The van der Waals surface area contributed by atoms with Gasteiger partial charge in [0, 0.05) is 19.0 Å². The molecule has 0 radical (unpaired) electrons. The highest BCUT2D eigenvalue weighted by atomic mass is 32.1. The first-order chi connectivity index (χ1) is 8.18. The highest BCUT2D eigenvalue weighted by Crippen LogP contribution is 2.19. The van der Waals surface area contributed by atoms with E-state index in [0.29, 0.717) is 11.5 Å². The molecule has 5 nitrogen and oxygen atoms in total. The van der Waals surface area contributed by atoms with E-state index < -0.39 is 0 Å². The lowest BCUT2D eigenvalue weighted by molar-refractivity contribution is 0.0995. The summed E-state index contributed by atoms with van der Waals surface area (Å²) in [4.78, 5) is 8.59. The zero-order valence-corrected chi connectivity index (χ0v) is 10.5. The van der Waals surface area contributed by atoms with Crippen LogP contribution < -0.4 is 11.1 Å². The molecule has 0 amide bonds. The van der Waals surface area contributed by atoms with Crippen molar-refractivity contribution in [2.45, 2.75) is 31.9 Å². The third kappa shape index (κ3) is 2.89. The van der Waals surface area contributed by atoms with Crippen molar-refractivity contribution in [1.29, 1.82) is 0 Å². The van der Waals surface area contributed by atoms with Crippen LogP contribution in [0.2, 0.25) is 0 Å². The van der Waals surface area contributed by atoms with Gasteiger partial charge in [-0.1, -0.05) is 12.2 Å². The monoisotopic (exact) mass is 252 g/mol. The van der Waals surface area contributed by atoms with Gasteiger partial charge in [-0.15, -0.1) is 0 Å². The van der Waals surface area contributed by atoms with E-state index in [-0.39, 0.29) is 17.1 Å². The maximum absolute atomic E-state index is 5.61. The number of nitrogens with one attached hydrogen (secondary N) is 1. The maximum Gasteiger partial charge on any atom is 0.155 e. The molecule has 1 saturated heterocycles. The van der Waals surface area contributed by atoms with Crippen LogP contribution >= 0.6 is 12.2 Å². The molecule has 0 spiro atoms. The molecule has 17 heavy (non-hydrogen) atoms. The van der Waals surface area contributed by atoms with Crippen molar-refractivity contribution in [1.82, 2.24) is 9.97 Å². The van der Waals surface area contributed by atoms with Crippen molar-refractivity contribution >= 4 is 23.0 Å². The van der Waals surface area contributed by atoms with E-state index in [2.05, 4.69) is 22.2 Å². The van der Waals surface area contributed by atoms with Gasteiger partial charge in [0.05, 0.1) is 12.1 Å². The topological polar surface area (TPSA) is 73.1 Å². The SMILES string of the molecule is CC(Nc1nccnc1C(N)=S)C1CCCO1. The van der Waals surface area contributed by atoms with Crippen LogP contribution in [-0.4, -0.2) is 33.7 Å². The summed E-state index contributed by atoms with van der Waals surface area (Å²) in [5, 5.41) is 3.27. The van der Waals surface area contributed by atoms with Crippen LogP contribution in [-0.2, 0) is 4.74 Å². The Morgan fingerprint density at radius 2 is 2.35 bits per heavy atom. The molecule has 1 fully saturated rings. The molecule has 92 valence electrons. The van der Waals surface area contributed by atoms with Gasteiger partial charge < -0.3 is 15.8 Å². The summed E-state index contributed by atoms with van der Waals surface area (Å²) in [6, 6.07) is 0.169. The Hall–Kier alpha value is -1.27. The highest BCUT2D eigenvalue weighted by molar-refractivity contribution is 7.80. The van der Waals surface area contributed by atoms with E-state index in [0.717, 1.165) is 19.4 Å². The molecular weight excluding hydrogens is 236 g/mol. The number of aromatic nitrogens is 2. The zero-order chi connectivity index (χ0) is 12.3. The molecule has 1 aromatic heterocycles. The molecule has 2 unspecified atom stereocenters.